The van der Waals surface area contributed by atoms with E-state index < -0.39 is 0 Å². The number of nitrogens with one attached hydrogen (secondary N) is 1. The van der Waals surface area contributed by atoms with E-state index in [9.17, 15) is 4.79 Å². The molecule has 1 heterocycles. The van der Waals surface area contributed by atoms with Crippen LogP contribution in [0.1, 0.15) is 20.8 Å². The lowest BCUT2D eigenvalue weighted by molar-refractivity contribution is -0.117. The molecule has 0 aliphatic carbocycles. The number of rotatable bonds is 2. The second-order valence-corrected chi connectivity index (χ2v) is 8.03. The molecule has 0 atom stereocenters. The predicted molar refractivity (Wildman–Crippen MR) is 96.9 cm³/mol. The summed E-state index contributed by atoms with van der Waals surface area (Å²) >= 11 is 7.82. The zero-order valence-corrected chi connectivity index (χ0v) is 15.0. The maximum Gasteiger partial charge on any atom is 0.245 e. The van der Waals surface area contributed by atoms with Crippen molar-refractivity contribution >= 4 is 40.6 Å². The summed E-state index contributed by atoms with van der Waals surface area (Å²) in [6.45, 7) is 6.41. The zero-order valence-electron chi connectivity index (χ0n) is 13.4. The van der Waals surface area contributed by atoms with E-state index in [0.717, 1.165) is 21.2 Å². The summed E-state index contributed by atoms with van der Waals surface area (Å²) in [4.78, 5) is 16.8. The second-order valence-electron chi connectivity index (χ2n) is 6.51. The first-order valence-corrected chi connectivity index (χ1v) is 8.69. The van der Waals surface area contributed by atoms with E-state index >= 15 is 0 Å². The number of para-hydroxylation sites is 1. The van der Waals surface area contributed by atoms with Gasteiger partial charge in [-0.1, -0.05) is 35.5 Å². The molecule has 0 saturated heterocycles. The second kappa shape index (κ2) is 6.19. The average Bonchev–Trinajstić information content (AvgIpc) is 2.49. The van der Waals surface area contributed by atoms with Crippen molar-refractivity contribution in [3.63, 3.8) is 0 Å². The molecule has 3 rings (SSSR count). The SMILES string of the molecule is CC(C)(C)NCC(=O)N1c2ccccc2Sc2ccc(Cl)cc21. The highest BCUT2D eigenvalue weighted by molar-refractivity contribution is 7.99. The molecule has 2 aromatic carbocycles. The Bertz CT molecular complexity index is 755. The summed E-state index contributed by atoms with van der Waals surface area (Å²) in [6.07, 6.45) is 0. The Morgan fingerprint density at radius 1 is 1.13 bits per heavy atom. The minimum atomic E-state index is -0.114. The lowest BCUT2D eigenvalue weighted by Crippen LogP contribution is -2.44. The van der Waals surface area contributed by atoms with Gasteiger partial charge < -0.3 is 5.32 Å². The van der Waals surface area contributed by atoms with Crippen LogP contribution in [0.3, 0.4) is 0 Å². The van der Waals surface area contributed by atoms with Crippen LogP contribution in [-0.4, -0.2) is 18.0 Å². The van der Waals surface area contributed by atoms with E-state index in [-0.39, 0.29) is 18.0 Å². The van der Waals surface area contributed by atoms with Crippen LogP contribution in [0.25, 0.3) is 0 Å². The number of fused-ring (bicyclic) bond motifs is 2. The third kappa shape index (κ3) is 3.55. The molecule has 23 heavy (non-hydrogen) atoms. The topological polar surface area (TPSA) is 32.3 Å². The molecule has 0 radical (unpaired) electrons. The van der Waals surface area contributed by atoms with Crippen LogP contribution in [0.5, 0.6) is 0 Å². The van der Waals surface area contributed by atoms with Crippen molar-refractivity contribution < 1.29 is 4.79 Å². The molecule has 1 aliphatic rings. The van der Waals surface area contributed by atoms with Crippen molar-refractivity contribution in [1.29, 1.82) is 0 Å². The first-order chi connectivity index (χ1) is 10.8. The van der Waals surface area contributed by atoms with Crippen LogP contribution < -0.4 is 10.2 Å². The Hall–Kier alpha value is -1.49. The molecule has 0 saturated carbocycles. The summed E-state index contributed by atoms with van der Waals surface area (Å²) in [6, 6.07) is 13.6. The molecule has 5 heteroatoms. The first kappa shape index (κ1) is 16.4. The van der Waals surface area contributed by atoms with E-state index in [1.807, 2.05) is 63.2 Å². The molecular formula is C18H19ClN2OS. The molecule has 0 spiro atoms. The monoisotopic (exact) mass is 346 g/mol. The number of anilines is 2. The first-order valence-electron chi connectivity index (χ1n) is 7.49. The smallest absolute Gasteiger partial charge is 0.245 e. The standard InChI is InChI=1S/C18H19ClN2OS/c1-18(2,3)20-11-17(22)21-13-6-4-5-7-15(13)23-16-9-8-12(19)10-14(16)21/h4-10,20H,11H2,1-3H3. The van der Waals surface area contributed by atoms with Crippen LogP contribution in [-0.2, 0) is 4.79 Å². The van der Waals surface area contributed by atoms with Crippen LogP contribution in [0, 0.1) is 0 Å². The summed E-state index contributed by atoms with van der Waals surface area (Å²) in [5, 5.41) is 3.89. The zero-order chi connectivity index (χ0) is 16.6. The molecule has 2 aromatic rings. The summed E-state index contributed by atoms with van der Waals surface area (Å²) in [5.74, 6) is 0.0104. The maximum absolute atomic E-state index is 12.9. The fourth-order valence-corrected chi connectivity index (χ4v) is 3.62. The van der Waals surface area contributed by atoms with Gasteiger partial charge in [0.2, 0.25) is 5.91 Å². The van der Waals surface area contributed by atoms with Crippen molar-refractivity contribution in [3.8, 4) is 0 Å². The number of halogens is 1. The number of carbonyl (C=O) groups excluding carboxylic acids is 1. The number of hydrogen-bond donors (Lipinski definition) is 1. The van der Waals surface area contributed by atoms with Crippen LogP contribution in [0.15, 0.2) is 52.3 Å². The fourth-order valence-electron chi connectivity index (χ4n) is 2.42. The van der Waals surface area contributed by atoms with Gasteiger partial charge in [0.15, 0.2) is 0 Å². The number of amides is 1. The van der Waals surface area contributed by atoms with Crippen molar-refractivity contribution in [3.05, 3.63) is 47.5 Å². The minimum Gasteiger partial charge on any atom is -0.304 e. The third-order valence-corrected chi connectivity index (χ3v) is 4.87. The maximum atomic E-state index is 12.9. The number of hydrogen-bond acceptors (Lipinski definition) is 3. The molecule has 120 valence electrons. The molecule has 3 nitrogen and oxygen atoms in total. The van der Waals surface area contributed by atoms with E-state index in [4.69, 9.17) is 11.6 Å². The summed E-state index contributed by atoms with van der Waals surface area (Å²) < 4.78 is 0. The highest BCUT2D eigenvalue weighted by atomic mass is 35.5. The highest BCUT2D eigenvalue weighted by Crippen LogP contribution is 2.48. The Balaban J connectivity index is 2.01. The Morgan fingerprint density at radius 3 is 2.57 bits per heavy atom. The molecule has 1 N–H and O–H groups in total. The van der Waals surface area contributed by atoms with Gasteiger partial charge in [-0.2, -0.15) is 0 Å². The molecule has 0 unspecified atom stereocenters. The Morgan fingerprint density at radius 2 is 1.83 bits per heavy atom. The molecule has 1 aliphatic heterocycles. The van der Waals surface area contributed by atoms with E-state index in [2.05, 4.69) is 5.32 Å². The lowest BCUT2D eigenvalue weighted by atomic mass is 10.1. The van der Waals surface area contributed by atoms with E-state index in [0.29, 0.717) is 5.02 Å². The van der Waals surface area contributed by atoms with Gasteiger partial charge in [-0.05, 0) is 51.1 Å². The van der Waals surface area contributed by atoms with Gasteiger partial charge in [-0.15, -0.1) is 0 Å². The van der Waals surface area contributed by atoms with Crippen molar-refractivity contribution in [2.45, 2.75) is 36.1 Å². The number of carbonyl (C=O) groups is 1. The minimum absolute atomic E-state index is 0.0104. The van der Waals surface area contributed by atoms with Gasteiger partial charge in [0.05, 0.1) is 17.9 Å². The fraction of sp³-hybridized carbons (Fsp3) is 0.278. The average molecular weight is 347 g/mol. The molecular weight excluding hydrogens is 328 g/mol. The highest BCUT2D eigenvalue weighted by Gasteiger charge is 2.28. The molecule has 0 aromatic heterocycles. The largest absolute Gasteiger partial charge is 0.304 e. The summed E-state index contributed by atoms with van der Waals surface area (Å²) in [5.41, 5.74) is 1.64. The quantitative estimate of drug-likeness (QED) is 0.843. The van der Waals surface area contributed by atoms with Gasteiger partial charge in [-0.3, -0.25) is 9.69 Å². The van der Waals surface area contributed by atoms with Crippen molar-refractivity contribution in [1.82, 2.24) is 5.32 Å². The van der Waals surface area contributed by atoms with Crippen LogP contribution in [0.2, 0.25) is 5.02 Å². The Kier molecular flexibility index (Phi) is 4.41. The van der Waals surface area contributed by atoms with Crippen molar-refractivity contribution in [2.75, 3.05) is 11.4 Å². The Labute approximate surface area is 146 Å². The van der Waals surface area contributed by atoms with Crippen LogP contribution in [0.4, 0.5) is 11.4 Å². The third-order valence-electron chi connectivity index (χ3n) is 3.51. The van der Waals surface area contributed by atoms with E-state index in [1.165, 1.54) is 0 Å². The lowest BCUT2D eigenvalue weighted by Gasteiger charge is -2.32. The van der Waals surface area contributed by atoms with Crippen LogP contribution >= 0.6 is 23.4 Å². The van der Waals surface area contributed by atoms with Gasteiger partial charge >= 0.3 is 0 Å². The van der Waals surface area contributed by atoms with Crippen molar-refractivity contribution in [2.24, 2.45) is 0 Å². The molecule has 0 fully saturated rings. The predicted octanol–water partition coefficient (Wildman–Crippen LogP) is 4.86. The number of benzene rings is 2. The van der Waals surface area contributed by atoms with E-state index in [1.54, 1.807) is 16.7 Å². The van der Waals surface area contributed by atoms with Gasteiger partial charge in [-0.25, -0.2) is 0 Å². The normalized spacial score (nSPS) is 13.5. The van der Waals surface area contributed by atoms with Gasteiger partial charge in [0, 0.05) is 20.4 Å². The number of nitrogens with zero attached hydrogens (tertiary/aromatic N) is 1. The van der Waals surface area contributed by atoms with Gasteiger partial charge in [0.25, 0.3) is 0 Å². The van der Waals surface area contributed by atoms with Gasteiger partial charge in [0.1, 0.15) is 0 Å². The summed E-state index contributed by atoms with van der Waals surface area (Å²) in [7, 11) is 0. The molecule has 1 amide bonds. The molecule has 0 bridgehead atoms.